The number of hydrogen-bond acceptors (Lipinski definition) is 3. The summed E-state index contributed by atoms with van der Waals surface area (Å²) in [6.07, 6.45) is 2.56. The van der Waals surface area contributed by atoms with Crippen LogP contribution in [0.4, 0.5) is 0 Å². The molecule has 1 unspecified atom stereocenters. The third kappa shape index (κ3) is 5.43. The van der Waals surface area contributed by atoms with Crippen LogP contribution in [0.1, 0.15) is 30.4 Å². The van der Waals surface area contributed by atoms with Crippen molar-refractivity contribution in [2.24, 2.45) is 0 Å². The minimum atomic E-state index is -0.309. The number of allylic oxidation sites excluding steroid dienone is 2. The summed E-state index contributed by atoms with van der Waals surface area (Å²) in [5, 5.41) is 1.92. The maximum atomic E-state index is 11.6. The number of ether oxygens (including phenoxy) is 1. The smallest absolute Gasteiger partial charge is 0.307 e. The first kappa shape index (κ1) is 18.1. The summed E-state index contributed by atoms with van der Waals surface area (Å²) in [5.74, 6) is 0.320. The fourth-order valence-electron chi connectivity index (χ4n) is 2.35. The molecule has 0 saturated heterocycles. The van der Waals surface area contributed by atoms with Gasteiger partial charge >= 0.3 is 5.97 Å². The number of esters is 1. The molecule has 2 rings (SSSR count). The summed E-state index contributed by atoms with van der Waals surface area (Å²) >= 11 is 1.55. The van der Waals surface area contributed by atoms with Crippen molar-refractivity contribution in [3.05, 3.63) is 89.5 Å². The first-order valence-corrected chi connectivity index (χ1v) is 8.75. The van der Waals surface area contributed by atoms with Gasteiger partial charge in [0, 0.05) is 23.1 Å². The van der Waals surface area contributed by atoms with Crippen molar-refractivity contribution in [1.82, 2.24) is 0 Å². The number of carbonyl (C=O) groups is 1. The number of hydrogen-bond donors (Lipinski definition) is 0. The molecule has 0 saturated carbocycles. The third-order valence-electron chi connectivity index (χ3n) is 3.54. The van der Waals surface area contributed by atoms with Crippen LogP contribution in [0.25, 0.3) is 0 Å². The molecule has 0 aliphatic rings. The Bertz CT molecular complexity index is 702. The van der Waals surface area contributed by atoms with Gasteiger partial charge < -0.3 is 4.74 Å². The molecule has 0 spiro atoms. The molecule has 0 fully saturated rings. The first-order valence-electron chi connectivity index (χ1n) is 7.88. The molecular weight excluding hydrogens is 316 g/mol. The second-order valence-corrected chi connectivity index (χ2v) is 6.48. The highest BCUT2D eigenvalue weighted by Gasteiger charge is 2.18. The van der Waals surface area contributed by atoms with Crippen LogP contribution in [0.2, 0.25) is 0 Å². The maximum Gasteiger partial charge on any atom is 0.307 e. The topological polar surface area (TPSA) is 26.3 Å². The Morgan fingerprint density at radius 2 is 1.83 bits per heavy atom. The molecule has 124 valence electrons. The molecule has 0 aliphatic carbocycles. The predicted octanol–water partition coefficient (Wildman–Crippen LogP) is 5.85. The van der Waals surface area contributed by atoms with Crippen LogP contribution in [0.15, 0.2) is 83.3 Å². The van der Waals surface area contributed by atoms with E-state index in [2.05, 4.69) is 37.8 Å². The third-order valence-corrected chi connectivity index (χ3v) is 4.44. The Balaban J connectivity index is 2.30. The average molecular weight is 338 g/mol. The van der Waals surface area contributed by atoms with Gasteiger partial charge in [0.15, 0.2) is 0 Å². The fraction of sp³-hybridized carbons (Fsp3) is 0.190. The second-order valence-electron chi connectivity index (χ2n) is 5.53. The summed E-state index contributed by atoms with van der Waals surface area (Å²) < 4.78 is 5.52. The quantitative estimate of drug-likeness (QED) is 0.274. The van der Waals surface area contributed by atoms with Gasteiger partial charge in [0.1, 0.15) is 5.76 Å². The van der Waals surface area contributed by atoms with Crippen LogP contribution >= 0.6 is 11.8 Å². The zero-order valence-corrected chi connectivity index (χ0v) is 14.9. The molecule has 0 N–H and O–H groups in total. The van der Waals surface area contributed by atoms with Gasteiger partial charge in [-0.15, -0.1) is 6.58 Å². The molecule has 1 atom stereocenters. The molecular formula is C21H22O2S. The highest BCUT2D eigenvalue weighted by molar-refractivity contribution is 8.02. The van der Waals surface area contributed by atoms with Crippen molar-refractivity contribution >= 4 is 17.7 Å². The van der Waals surface area contributed by atoms with Crippen LogP contribution in [0.3, 0.4) is 0 Å². The lowest BCUT2D eigenvalue weighted by Gasteiger charge is -2.19. The van der Waals surface area contributed by atoms with E-state index in [1.54, 1.807) is 11.8 Å². The molecule has 0 heterocycles. The molecule has 0 bridgehead atoms. The maximum absolute atomic E-state index is 11.6. The number of carbonyl (C=O) groups excluding carboxylic acids is 1. The van der Waals surface area contributed by atoms with Crippen molar-refractivity contribution in [1.29, 1.82) is 0 Å². The van der Waals surface area contributed by atoms with E-state index in [1.165, 1.54) is 12.5 Å². The van der Waals surface area contributed by atoms with Gasteiger partial charge in [0.2, 0.25) is 0 Å². The molecule has 0 aromatic heterocycles. The molecule has 3 heteroatoms. The Labute approximate surface area is 148 Å². The van der Waals surface area contributed by atoms with Gasteiger partial charge in [0.05, 0.1) is 0 Å². The fourth-order valence-corrected chi connectivity index (χ4v) is 3.11. The first-order chi connectivity index (χ1) is 11.6. The van der Waals surface area contributed by atoms with Crippen LogP contribution in [0.5, 0.6) is 0 Å². The standard InChI is InChI=1S/C21H22O2S/c1-4-8-20(18-9-6-5-7-10-18)21(23-17(3)22)15-24-19-13-11-16(2)12-14-19/h4-7,9-15,20H,1,8H2,2-3H3/b21-15-. The summed E-state index contributed by atoms with van der Waals surface area (Å²) in [5.41, 5.74) is 2.33. The zero-order chi connectivity index (χ0) is 17.4. The molecule has 2 aromatic rings. The molecule has 2 nitrogen and oxygen atoms in total. The summed E-state index contributed by atoms with van der Waals surface area (Å²) in [6, 6.07) is 18.3. The Hall–Kier alpha value is -2.26. The van der Waals surface area contributed by atoms with E-state index in [1.807, 2.05) is 41.8 Å². The van der Waals surface area contributed by atoms with Gasteiger partial charge in [-0.3, -0.25) is 4.79 Å². The monoisotopic (exact) mass is 338 g/mol. The summed E-state index contributed by atoms with van der Waals surface area (Å²) in [4.78, 5) is 12.7. The number of benzene rings is 2. The van der Waals surface area contributed by atoms with Crippen LogP contribution < -0.4 is 0 Å². The number of rotatable bonds is 7. The minimum absolute atomic E-state index is 0.0226. The van der Waals surface area contributed by atoms with E-state index < -0.39 is 0 Å². The Morgan fingerprint density at radius 1 is 1.17 bits per heavy atom. The van der Waals surface area contributed by atoms with Crippen molar-refractivity contribution in [3.8, 4) is 0 Å². The highest BCUT2D eigenvalue weighted by atomic mass is 32.2. The second kappa shape index (κ2) is 9.14. The van der Waals surface area contributed by atoms with E-state index >= 15 is 0 Å². The van der Waals surface area contributed by atoms with E-state index in [-0.39, 0.29) is 11.9 Å². The zero-order valence-electron chi connectivity index (χ0n) is 14.1. The Morgan fingerprint density at radius 3 is 2.42 bits per heavy atom. The van der Waals surface area contributed by atoms with Gasteiger partial charge in [-0.25, -0.2) is 0 Å². The molecule has 0 radical (unpaired) electrons. The average Bonchev–Trinajstić information content (AvgIpc) is 2.58. The van der Waals surface area contributed by atoms with Gasteiger partial charge in [-0.1, -0.05) is 65.9 Å². The van der Waals surface area contributed by atoms with Crippen LogP contribution in [-0.2, 0) is 9.53 Å². The highest BCUT2D eigenvalue weighted by Crippen LogP contribution is 2.32. The van der Waals surface area contributed by atoms with E-state index in [0.29, 0.717) is 12.2 Å². The van der Waals surface area contributed by atoms with E-state index in [9.17, 15) is 4.79 Å². The van der Waals surface area contributed by atoms with Crippen molar-refractivity contribution in [2.45, 2.75) is 31.1 Å². The lowest BCUT2D eigenvalue weighted by molar-refractivity contribution is -0.137. The SMILES string of the molecule is C=CCC(/C(=C/Sc1ccc(C)cc1)OC(C)=O)c1ccccc1. The van der Waals surface area contributed by atoms with E-state index in [0.717, 1.165) is 10.5 Å². The van der Waals surface area contributed by atoms with E-state index in [4.69, 9.17) is 4.74 Å². The minimum Gasteiger partial charge on any atom is -0.430 e. The number of aryl methyl sites for hydroxylation is 1. The molecule has 24 heavy (non-hydrogen) atoms. The lowest BCUT2D eigenvalue weighted by atomic mass is 9.94. The summed E-state index contributed by atoms with van der Waals surface area (Å²) in [6.45, 7) is 7.33. The van der Waals surface area contributed by atoms with Gasteiger partial charge in [-0.2, -0.15) is 0 Å². The van der Waals surface area contributed by atoms with Crippen LogP contribution in [-0.4, -0.2) is 5.97 Å². The van der Waals surface area contributed by atoms with Crippen LogP contribution in [0, 0.1) is 6.92 Å². The Kier molecular flexibility index (Phi) is 6.89. The largest absolute Gasteiger partial charge is 0.430 e. The van der Waals surface area contributed by atoms with Gasteiger partial charge in [0.25, 0.3) is 0 Å². The van der Waals surface area contributed by atoms with Gasteiger partial charge in [-0.05, 0) is 31.0 Å². The molecule has 0 aliphatic heterocycles. The lowest BCUT2D eigenvalue weighted by Crippen LogP contribution is -2.08. The van der Waals surface area contributed by atoms with Crippen molar-refractivity contribution < 1.29 is 9.53 Å². The molecule has 0 amide bonds. The number of thioether (sulfide) groups is 1. The predicted molar refractivity (Wildman–Crippen MR) is 101 cm³/mol. The van der Waals surface area contributed by atoms with Crippen molar-refractivity contribution in [3.63, 3.8) is 0 Å². The normalized spacial score (nSPS) is 12.5. The summed E-state index contributed by atoms with van der Waals surface area (Å²) in [7, 11) is 0. The van der Waals surface area contributed by atoms with Crippen molar-refractivity contribution in [2.75, 3.05) is 0 Å². The molecule has 2 aromatic carbocycles.